The van der Waals surface area contributed by atoms with E-state index in [4.69, 9.17) is 5.26 Å². The highest BCUT2D eigenvalue weighted by Gasteiger charge is 2.01. The van der Waals surface area contributed by atoms with Crippen molar-refractivity contribution in [2.45, 2.75) is 25.8 Å². The Bertz CT molecular complexity index is 479. The molecule has 0 aliphatic rings. The fourth-order valence-electron chi connectivity index (χ4n) is 1.25. The van der Waals surface area contributed by atoms with Crippen LogP contribution in [0.4, 0.5) is 0 Å². The number of hydrogen-bond donors (Lipinski definition) is 0. The van der Waals surface area contributed by atoms with Gasteiger partial charge in [0.2, 0.25) is 0 Å². The summed E-state index contributed by atoms with van der Waals surface area (Å²) in [4.78, 5) is 22.7. The summed E-state index contributed by atoms with van der Waals surface area (Å²) in [5.74, 6) is 0. The summed E-state index contributed by atoms with van der Waals surface area (Å²) in [6, 6.07) is 2.04. The zero-order chi connectivity index (χ0) is 11.3. The van der Waals surface area contributed by atoms with Gasteiger partial charge in [-0.2, -0.15) is 5.26 Å². The summed E-state index contributed by atoms with van der Waals surface area (Å²) in [7, 11) is 1.55. The molecular formula is C10H13N3O2. The summed E-state index contributed by atoms with van der Waals surface area (Å²) < 4.78 is 2.65. The first-order valence-corrected chi connectivity index (χ1v) is 4.80. The van der Waals surface area contributed by atoms with Gasteiger partial charge in [0.05, 0.1) is 6.07 Å². The van der Waals surface area contributed by atoms with E-state index in [0.29, 0.717) is 13.0 Å². The van der Waals surface area contributed by atoms with Gasteiger partial charge in [-0.1, -0.05) is 0 Å². The monoisotopic (exact) mass is 207 g/mol. The molecule has 1 aromatic rings. The minimum atomic E-state index is -0.516. The maximum atomic E-state index is 11.4. The van der Waals surface area contributed by atoms with Gasteiger partial charge in [-0.25, -0.2) is 0 Å². The zero-order valence-electron chi connectivity index (χ0n) is 8.64. The third-order valence-electron chi connectivity index (χ3n) is 2.17. The van der Waals surface area contributed by atoms with E-state index in [1.807, 2.05) is 6.07 Å². The lowest BCUT2D eigenvalue weighted by atomic mass is 10.2. The van der Waals surface area contributed by atoms with E-state index in [9.17, 15) is 9.59 Å². The van der Waals surface area contributed by atoms with E-state index in [2.05, 4.69) is 0 Å². The number of nitriles is 1. The molecule has 0 saturated carbocycles. The van der Waals surface area contributed by atoms with Gasteiger partial charge < -0.3 is 9.13 Å². The first-order chi connectivity index (χ1) is 7.16. The van der Waals surface area contributed by atoms with Gasteiger partial charge in [-0.3, -0.25) is 9.59 Å². The molecule has 0 unspecified atom stereocenters. The Balaban J connectivity index is 2.72. The molecule has 1 aromatic heterocycles. The molecule has 80 valence electrons. The van der Waals surface area contributed by atoms with Crippen molar-refractivity contribution in [2.24, 2.45) is 7.05 Å². The van der Waals surface area contributed by atoms with Crippen molar-refractivity contribution < 1.29 is 0 Å². The van der Waals surface area contributed by atoms with Gasteiger partial charge in [0, 0.05) is 32.4 Å². The minimum absolute atomic E-state index is 0.486. The average molecular weight is 207 g/mol. The first kappa shape index (κ1) is 11.2. The molecular weight excluding hydrogens is 194 g/mol. The normalized spacial score (nSPS) is 9.87. The summed E-state index contributed by atoms with van der Waals surface area (Å²) in [6.45, 7) is 0.497. The zero-order valence-corrected chi connectivity index (χ0v) is 8.64. The molecule has 0 atom stereocenters. The van der Waals surface area contributed by atoms with Crippen molar-refractivity contribution in [3.05, 3.63) is 33.1 Å². The van der Waals surface area contributed by atoms with Gasteiger partial charge in [0.1, 0.15) is 0 Å². The molecule has 0 aliphatic heterocycles. The van der Waals surface area contributed by atoms with Gasteiger partial charge in [0.25, 0.3) is 0 Å². The van der Waals surface area contributed by atoms with Crippen LogP contribution >= 0.6 is 0 Å². The Labute approximate surface area is 87.2 Å². The molecule has 0 radical (unpaired) electrons. The largest absolute Gasteiger partial charge is 0.316 e. The van der Waals surface area contributed by atoms with Crippen LogP contribution in [0.1, 0.15) is 19.3 Å². The summed E-state index contributed by atoms with van der Waals surface area (Å²) in [5.41, 5.74) is -1.02. The Morgan fingerprint density at radius 1 is 1.27 bits per heavy atom. The van der Waals surface area contributed by atoms with Crippen LogP contribution in [-0.2, 0) is 13.6 Å². The van der Waals surface area contributed by atoms with Crippen LogP contribution in [0.3, 0.4) is 0 Å². The van der Waals surface area contributed by atoms with Crippen molar-refractivity contribution in [3.8, 4) is 6.07 Å². The van der Waals surface area contributed by atoms with Crippen LogP contribution in [0, 0.1) is 11.3 Å². The van der Waals surface area contributed by atoms with Crippen LogP contribution in [0.25, 0.3) is 0 Å². The predicted molar refractivity (Wildman–Crippen MR) is 55.4 cm³/mol. The quantitative estimate of drug-likeness (QED) is 0.524. The highest BCUT2D eigenvalue weighted by Crippen LogP contribution is 1.95. The Kier molecular flexibility index (Phi) is 3.86. The molecule has 5 heteroatoms. The minimum Gasteiger partial charge on any atom is -0.312 e. The smallest absolute Gasteiger partial charge is 0.312 e. The molecule has 0 aromatic carbocycles. The lowest BCUT2D eigenvalue weighted by Gasteiger charge is -2.04. The number of rotatable bonds is 4. The topological polar surface area (TPSA) is 67.8 Å². The number of hydrogen-bond acceptors (Lipinski definition) is 3. The Hall–Kier alpha value is -1.83. The summed E-state index contributed by atoms with van der Waals surface area (Å²) >= 11 is 0. The molecule has 0 N–H and O–H groups in total. The van der Waals surface area contributed by atoms with Crippen molar-refractivity contribution in [2.75, 3.05) is 0 Å². The molecule has 0 fully saturated rings. The molecule has 1 rings (SSSR count). The van der Waals surface area contributed by atoms with Crippen LogP contribution in [0.2, 0.25) is 0 Å². The maximum Gasteiger partial charge on any atom is 0.316 e. The molecule has 15 heavy (non-hydrogen) atoms. The number of aromatic nitrogens is 2. The molecule has 0 spiro atoms. The van der Waals surface area contributed by atoms with E-state index in [-0.39, 0.29) is 0 Å². The van der Waals surface area contributed by atoms with Crippen molar-refractivity contribution in [1.29, 1.82) is 5.26 Å². The van der Waals surface area contributed by atoms with E-state index in [1.165, 1.54) is 9.13 Å². The van der Waals surface area contributed by atoms with Gasteiger partial charge in [0.15, 0.2) is 0 Å². The van der Waals surface area contributed by atoms with E-state index in [0.717, 1.165) is 12.8 Å². The second-order valence-corrected chi connectivity index (χ2v) is 3.33. The highest BCUT2D eigenvalue weighted by atomic mass is 16.2. The number of aryl methyl sites for hydroxylation is 2. The highest BCUT2D eigenvalue weighted by molar-refractivity contribution is 4.84. The fourth-order valence-corrected chi connectivity index (χ4v) is 1.25. The Morgan fingerprint density at radius 2 is 2.00 bits per heavy atom. The molecule has 0 aliphatic carbocycles. The molecule has 5 nitrogen and oxygen atoms in total. The molecule has 0 saturated heterocycles. The lowest BCUT2D eigenvalue weighted by molar-refractivity contribution is 0.582. The third-order valence-corrected chi connectivity index (χ3v) is 2.17. The van der Waals surface area contributed by atoms with E-state index < -0.39 is 11.1 Å². The third kappa shape index (κ3) is 2.81. The van der Waals surface area contributed by atoms with Crippen molar-refractivity contribution in [1.82, 2.24) is 9.13 Å². The van der Waals surface area contributed by atoms with Crippen LogP contribution in [0.15, 0.2) is 22.0 Å². The van der Waals surface area contributed by atoms with E-state index >= 15 is 0 Å². The Morgan fingerprint density at radius 3 is 2.67 bits per heavy atom. The van der Waals surface area contributed by atoms with Gasteiger partial charge >= 0.3 is 11.1 Å². The van der Waals surface area contributed by atoms with Crippen molar-refractivity contribution >= 4 is 0 Å². The number of unbranched alkanes of at least 4 members (excludes halogenated alkanes) is 2. The van der Waals surface area contributed by atoms with Gasteiger partial charge in [-0.15, -0.1) is 0 Å². The lowest BCUT2D eigenvalue weighted by Crippen LogP contribution is -2.39. The standard InChI is InChI=1S/C10H13N3O2/c1-12-7-8-13(10(15)9(12)14)6-4-2-3-5-11/h7-8H,2-4,6H2,1H3. The van der Waals surface area contributed by atoms with Gasteiger partial charge in [-0.05, 0) is 12.8 Å². The fraction of sp³-hybridized carbons (Fsp3) is 0.500. The summed E-state index contributed by atoms with van der Waals surface area (Å²) in [5, 5.41) is 8.33. The molecule has 0 amide bonds. The molecule has 1 heterocycles. The van der Waals surface area contributed by atoms with Crippen LogP contribution in [-0.4, -0.2) is 9.13 Å². The van der Waals surface area contributed by atoms with E-state index in [1.54, 1.807) is 19.4 Å². The second kappa shape index (κ2) is 5.15. The molecule has 0 bridgehead atoms. The summed E-state index contributed by atoms with van der Waals surface area (Å²) in [6.07, 6.45) is 5.13. The van der Waals surface area contributed by atoms with Crippen LogP contribution < -0.4 is 11.1 Å². The second-order valence-electron chi connectivity index (χ2n) is 3.33. The average Bonchev–Trinajstić information content (AvgIpc) is 2.24. The van der Waals surface area contributed by atoms with Crippen LogP contribution in [0.5, 0.6) is 0 Å². The predicted octanol–water partition coefficient (Wildman–Crippen LogP) is 0.241. The maximum absolute atomic E-state index is 11.4. The number of nitrogens with zero attached hydrogens (tertiary/aromatic N) is 3. The first-order valence-electron chi connectivity index (χ1n) is 4.80. The van der Waals surface area contributed by atoms with Crippen molar-refractivity contribution in [3.63, 3.8) is 0 Å². The SMILES string of the molecule is Cn1ccn(CCCCC#N)c(=O)c1=O.